The van der Waals surface area contributed by atoms with Crippen molar-refractivity contribution in [3.05, 3.63) is 65.5 Å². The largest absolute Gasteiger partial charge is 0.497 e. The molecule has 0 unspecified atom stereocenters. The van der Waals surface area contributed by atoms with E-state index in [4.69, 9.17) is 4.74 Å². The van der Waals surface area contributed by atoms with Crippen molar-refractivity contribution in [1.29, 1.82) is 0 Å². The molecular formula is C23H30FNO2. The van der Waals surface area contributed by atoms with Crippen LogP contribution in [0.25, 0.3) is 0 Å². The lowest BCUT2D eigenvalue weighted by molar-refractivity contribution is 0.0326. The molecule has 0 spiro atoms. The summed E-state index contributed by atoms with van der Waals surface area (Å²) in [6, 6.07) is 15.6. The summed E-state index contributed by atoms with van der Waals surface area (Å²) < 4.78 is 19.3. The summed E-state index contributed by atoms with van der Waals surface area (Å²) in [7, 11) is 1.55. The molecule has 1 N–H and O–H groups in total. The number of hydrogen-bond acceptors (Lipinski definition) is 3. The maximum absolute atomic E-state index is 14.2. The number of likely N-dealkylation sites (tertiary alicyclic amines) is 1. The summed E-state index contributed by atoms with van der Waals surface area (Å²) in [4.78, 5) is 2.29. The number of aliphatic hydroxyl groups is 1. The van der Waals surface area contributed by atoms with Crippen LogP contribution in [0, 0.1) is 11.2 Å². The van der Waals surface area contributed by atoms with E-state index < -0.39 is 0 Å². The summed E-state index contributed by atoms with van der Waals surface area (Å²) in [5.41, 5.74) is 2.08. The highest BCUT2D eigenvalue weighted by Gasteiger charge is 2.33. The zero-order valence-electron chi connectivity index (χ0n) is 16.2. The molecule has 0 bridgehead atoms. The van der Waals surface area contributed by atoms with Gasteiger partial charge in [-0.05, 0) is 62.2 Å². The number of methoxy groups -OCH3 is 1. The average molecular weight is 371 g/mol. The molecule has 3 nitrogen and oxygen atoms in total. The van der Waals surface area contributed by atoms with E-state index in [-0.39, 0.29) is 17.8 Å². The number of aryl methyl sites for hydroxylation is 1. The summed E-state index contributed by atoms with van der Waals surface area (Å²) in [5, 5.41) is 10.0. The zero-order valence-corrected chi connectivity index (χ0v) is 16.2. The Morgan fingerprint density at radius 1 is 1.11 bits per heavy atom. The van der Waals surface area contributed by atoms with Gasteiger partial charge >= 0.3 is 0 Å². The van der Waals surface area contributed by atoms with Crippen LogP contribution in [-0.4, -0.2) is 36.8 Å². The third-order valence-corrected chi connectivity index (χ3v) is 5.92. The number of ether oxygens (including phenoxy) is 1. The van der Waals surface area contributed by atoms with Gasteiger partial charge in [0.05, 0.1) is 7.11 Å². The third-order valence-electron chi connectivity index (χ3n) is 5.92. The van der Waals surface area contributed by atoms with Crippen molar-refractivity contribution in [2.24, 2.45) is 5.41 Å². The summed E-state index contributed by atoms with van der Waals surface area (Å²) >= 11 is 0. The normalized spacial score (nSPS) is 17.0. The molecular weight excluding hydrogens is 341 g/mol. The number of hydrogen-bond donors (Lipinski definition) is 1. The Kier molecular flexibility index (Phi) is 6.86. The van der Waals surface area contributed by atoms with Crippen LogP contribution in [0.2, 0.25) is 0 Å². The van der Waals surface area contributed by atoms with E-state index in [1.807, 2.05) is 18.2 Å². The van der Waals surface area contributed by atoms with Gasteiger partial charge in [-0.25, -0.2) is 4.39 Å². The van der Waals surface area contributed by atoms with Crippen LogP contribution >= 0.6 is 0 Å². The maximum Gasteiger partial charge on any atom is 0.131 e. The van der Waals surface area contributed by atoms with Gasteiger partial charge in [-0.1, -0.05) is 36.4 Å². The van der Waals surface area contributed by atoms with Crippen LogP contribution in [0.1, 0.15) is 36.8 Å². The average Bonchev–Trinajstić information content (AvgIpc) is 2.71. The van der Waals surface area contributed by atoms with E-state index >= 15 is 0 Å². The lowest BCUT2D eigenvalue weighted by Gasteiger charge is -2.41. The molecule has 3 rings (SSSR count). The van der Waals surface area contributed by atoms with Crippen LogP contribution in [0.3, 0.4) is 0 Å². The quantitative estimate of drug-likeness (QED) is 0.745. The van der Waals surface area contributed by atoms with Gasteiger partial charge in [-0.2, -0.15) is 0 Å². The van der Waals surface area contributed by atoms with Gasteiger partial charge in [0.1, 0.15) is 11.6 Å². The molecule has 0 amide bonds. The number of halogens is 1. The van der Waals surface area contributed by atoms with E-state index in [9.17, 15) is 9.50 Å². The van der Waals surface area contributed by atoms with Crippen LogP contribution in [0.5, 0.6) is 5.75 Å². The Morgan fingerprint density at radius 2 is 1.85 bits per heavy atom. The van der Waals surface area contributed by atoms with E-state index in [1.165, 1.54) is 11.6 Å². The third kappa shape index (κ3) is 5.30. The van der Waals surface area contributed by atoms with Crippen molar-refractivity contribution in [3.63, 3.8) is 0 Å². The fourth-order valence-corrected chi connectivity index (χ4v) is 4.01. The SMILES string of the molecule is COc1ccc(CN2CCC(CO)(CCCc3ccccc3)CC2)c(F)c1. The Bertz CT molecular complexity index is 712. The lowest BCUT2D eigenvalue weighted by Crippen LogP contribution is -2.41. The van der Waals surface area contributed by atoms with Gasteiger partial charge in [0, 0.05) is 24.8 Å². The lowest BCUT2D eigenvalue weighted by atomic mass is 9.75. The van der Waals surface area contributed by atoms with Gasteiger partial charge in [0.15, 0.2) is 0 Å². The Balaban J connectivity index is 1.50. The molecule has 1 aliphatic rings. The van der Waals surface area contributed by atoms with E-state index in [0.29, 0.717) is 17.9 Å². The van der Waals surface area contributed by atoms with Crippen LogP contribution in [-0.2, 0) is 13.0 Å². The summed E-state index contributed by atoms with van der Waals surface area (Å²) in [5.74, 6) is 0.337. The minimum atomic E-state index is -0.212. The Labute approximate surface area is 161 Å². The molecule has 1 saturated heterocycles. The molecule has 0 saturated carbocycles. The second-order valence-electron chi connectivity index (χ2n) is 7.73. The molecule has 1 heterocycles. The second kappa shape index (κ2) is 9.34. The van der Waals surface area contributed by atoms with Gasteiger partial charge in [-0.3, -0.25) is 4.90 Å². The van der Waals surface area contributed by atoms with Crippen LogP contribution in [0.4, 0.5) is 4.39 Å². The van der Waals surface area contributed by atoms with Crippen molar-refractivity contribution in [2.75, 3.05) is 26.8 Å². The van der Waals surface area contributed by atoms with Gasteiger partial charge < -0.3 is 9.84 Å². The standard InChI is InChI=1S/C23H30FNO2/c1-27-21-10-9-20(22(24)16-21)17-25-14-12-23(18-26,13-15-25)11-5-8-19-6-3-2-4-7-19/h2-4,6-7,9-10,16,26H,5,8,11-15,17-18H2,1H3. The van der Waals surface area contributed by atoms with Crippen molar-refractivity contribution in [1.82, 2.24) is 4.90 Å². The molecule has 0 radical (unpaired) electrons. The zero-order chi connectivity index (χ0) is 19.1. The Hall–Kier alpha value is -1.91. The van der Waals surface area contributed by atoms with Crippen molar-refractivity contribution < 1.29 is 14.2 Å². The number of rotatable bonds is 8. The summed E-state index contributed by atoms with van der Waals surface area (Å²) in [6.45, 7) is 2.66. The maximum atomic E-state index is 14.2. The number of aliphatic hydroxyl groups excluding tert-OH is 1. The first kappa shape index (κ1) is 19.8. The smallest absolute Gasteiger partial charge is 0.131 e. The molecule has 0 aliphatic carbocycles. The Morgan fingerprint density at radius 3 is 2.48 bits per heavy atom. The number of benzene rings is 2. The minimum absolute atomic E-state index is 0.0176. The van der Waals surface area contributed by atoms with Crippen molar-refractivity contribution in [2.45, 2.75) is 38.6 Å². The van der Waals surface area contributed by atoms with E-state index in [1.54, 1.807) is 7.11 Å². The van der Waals surface area contributed by atoms with Crippen LogP contribution < -0.4 is 4.74 Å². The molecule has 0 aromatic heterocycles. The van der Waals surface area contributed by atoms with Crippen molar-refractivity contribution in [3.8, 4) is 5.75 Å². The second-order valence-corrected chi connectivity index (χ2v) is 7.73. The van der Waals surface area contributed by atoms with Gasteiger partial charge in [0.2, 0.25) is 0 Å². The van der Waals surface area contributed by atoms with E-state index in [0.717, 1.165) is 45.2 Å². The highest BCUT2D eigenvalue weighted by molar-refractivity contribution is 5.28. The molecule has 0 atom stereocenters. The van der Waals surface area contributed by atoms with Crippen molar-refractivity contribution >= 4 is 0 Å². The van der Waals surface area contributed by atoms with E-state index in [2.05, 4.69) is 29.2 Å². The minimum Gasteiger partial charge on any atom is -0.497 e. The monoisotopic (exact) mass is 371 g/mol. The molecule has 146 valence electrons. The van der Waals surface area contributed by atoms with Gasteiger partial charge in [0.25, 0.3) is 0 Å². The first-order valence-electron chi connectivity index (χ1n) is 9.84. The first-order chi connectivity index (χ1) is 13.1. The molecule has 4 heteroatoms. The predicted molar refractivity (Wildman–Crippen MR) is 106 cm³/mol. The fourth-order valence-electron chi connectivity index (χ4n) is 4.01. The fraction of sp³-hybridized carbons (Fsp3) is 0.478. The molecule has 2 aromatic carbocycles. The number of piperidine rings is 1. The predicted octanol–water partition coefficient (Wildman–Crippen LogP) is 4.43. The molecule has 2 aromatic rings. The number of nitrogens with zero attached hydrogens (tertiary/aromatic N) is 1. The van der Waals surface area contributed by atoms with Crippen LogP contribution in [0.15, 0.2) is 48.5 Å². The highest BCUT2D eigenvalue weighted by Crippen LogP contribution is 2.36. The summed E-state index contributed by atoms with van der Waals surface area (Å²) in [6.07, 6.45) is 5.14. The molecule has 1 aliphatic heterocycles. The molecule has 27 heavy (non-hydrogen) atoms. The topological polar surface area (TPSA) is 32.7 Å². The highest BCUT2D eigenvalue weighted by atomic mass is 19.1. The first-order valence-corrected chi connectivity index (χ1v) is 9.84. The molecule has 1 fully saturated rings. The van der Waals surface area contributed by atoms with Gasteiger partial charge in [-0.15, -0.1) is 0 Å².